The summed E-state index contributed by atoms with van der Waals surface area (Å²) in [5.41, 5.74) is 6.58. The minimum atomic E-state index is -4.09. The maximum atomic E-state index is 13.0. The fraction of sp³-hybridized carbons (Fsp3) is 0.167. The molecule has 0 aliphatic carbocycles. The van der Waals surface area contributed by atoms with E-state index in [1.165, 1.54) is 25.3 Å². The summed E-state index contributed by atoms with van der Waals surface area (Å²) in [5.74, 6) is -0.217. The molecule has 3 aromatic rings. The molecule has 0 saturated heterocycles. The van der Waals surface area contributed by atoms with Gasteiger partial charge in [-0.15, -0.1) is 0 Å². The summed E-state index contributed by atoms with van der Waals surface area (Å²) in [6.07, 6.45) is 0. The van der Waals surface area contributed by atoms with Crippen molar-refractivity contribution >= 4 is 38.9 Å². The zero-order chi connectivity index (χ0) is 24.2. The minimum absolute atomic E-state index is 0.0243. The normalized spacial score (nSPS) is 11.7. The summed E-state index contributed by atoms with van der Waals surface area (Å²) >= 11 is 6.15. The van der Waals surface area contributed by atoms with E-state index < -0.39 is 15.9 Å². The number of amides is 1. The first kappa shape index (κ1) is 24.3. The molecule has 0 saturated carbocycles. The number of hydrazone groups is 1. The van der Waals surface area contributed by atoms with E-state index in [0.29, 0.717) is 11.5 Å². The van der Waals surface area contributed by atoms with Crippen molar-refractivity contribution < 1.29 is 17.9 Å². The number of hydrogen-bond donors (Lipinski definition) is 2. The van der Waals surface area contributed by atoms with Crippen LogP contribution in [0.5, 0.6) is 5.75 Å². The van der Waals surface area contributed by atoms with Crippen LogP contribution in [0, 0.1) is 13.8 Å². The third-order valence-corrected chi connectivity index (χ3v) is 6.93. The van der Waals surface area contributed by atoms with Gasteiger partial charge in [-0.05, 0) is 73.9 Å². The summed E-state index contributed by atoms with van der Waals surface area (Å²) < 4.78 is 33.6. The van der Waals surface area contributed by atoms with Crippen LogP contribution < -0.4 is 14.9 Å². The Labute approximate surface area is 198 Å². The number of rotatable bonds is 7. The lowest BCUT2D eigenvalue weighted by atomic mass is 10.0. The number of nitrogens with one attached hydrogen (secondary N) is 2. The number of ether oxygens (including phenoxy) is 1. The van der Waals surface area contributed by atoms with Crippen LogP contribution in [-0.2, 0) is 10.0 Å². The summed E-state index contributed by atoms with van der Waals surface area (Å²) in [6, 6.07) is 16.4. The molecule has 0 aliphatic heterocycles. The third kappa shape index (κ3) is 5.71. The number of carbonyl (C=O) groups is 1. The highest BCUT2D eigenvalue weighted by Gasteiger charge is 2.22. The van der Waals surface area contributed by atoms with Crippen molar-refractivity contribution in [3.8, 4) is 5.75 Å². The molecule has 9 heteroatoms. The molecule has 0 spiro atoms. The first-order chi connectivity index (χ1) is 15.6. The molecule has 2 N–H and O–H groups in total. The van der Waals surface area contributed by atoms with Crippen molar-refractivity contribution in [3.63, 3.8) is 0 Å². The van der Waals surface area contributed by atoms with E-state index in [4.69, 9.17) is 16.3 Å². The molecule has 172 valence electrons. The van der Waals surface area contributed by atoms with Gasteiger partial charge in [0.25, 0.3) is 15.9 Å². The number of anilines is 1. The Kier molecular flexibility index (Phi) is 7.40. The molecule has 0 atom stereocenters. The third-order valence-electron chi connectivity index (χ3n) is 5.08. The van der Waals surface area contributed by atoms with E-state index in [1.807, 2.05) is 32.0 Å². The predicted molar refractivity (Wildman–Crippen MR) is 131 cm³/mol. The lowest BCUT2D eigenvalue weighted by Crippen LogP contribution is -2.20. The first-order valence-electron chi connectivity index (χ1n) is 10.00. The molecule has 3 rings (SSSR count). The average Bonchev–Trinajstić information content (AvgIpc) is 2.79. The SMILES string of the molecule is COc1ccccc1NS(=O)(=O)c1cc(C(=O)NN=C(C)c2ccc(C)c(C)c2)ccc1Cl. The van der Waals surface area contributed by atoms with Crippen LogP contribution in [0.4, 0.5) is 5.69 Å². The Balaban J connectivity index is 1.84. The van der Waals surface area contributed by atoms with E-state index in [2.05, 4.69) is 15.2 Å². The standard InChI is InChI=1S/C24H24ClN3O4S/c1-15-9-10-18(13-16(15)2)17(3)26-27-24(29)19-11-12-20(25)23(14-19)33(30,31)28-21-7-5-6-8-22(21)32-4/h5-14,28H,1-4H3,(H,27,29). The Morgan fingerprint density at radius 3 is 2.36 bits per heavy atom. The number of halogens is 1. The Bertz CT molecular complexity index is 1340. The smallest absolute Gasteiger partial charge is 0.271 e. The molecule has 33 heavy (non-hydrogen) atoms. The summed E-state index contributed by atoms with van der Waals surface area (Å²) in [6.45, 7) is 5.79. The second kappa shape index (κ2) is 10.1. The highest BCUT2D eigenvalue weighted by molar-refractivity contribution is 7.92. The van der Waals surface area contributed by atoms with Crippen LogP contribution in [0.15, 0.2) is 70.7 Å². The molecular weight excluding hydrogens is 462 g/mol. The maximum absolute atomic E-state index is 13.0. The molecule has 0 unspecified atom stereocenters. The van der Waals surface area contributed by atoms with E-state index in [-0.39, 0.29) is 21.2 Å². The van der Waals surface area contributed by atoms with Gasteiger partial charge in [-0.3, -0.25) is 9.52 Å². The molecule has 0 fully saturated rings. The number of hydrogen-bond acceptors (Lipinski definition) is 5. The lowest BCUT2D eigenvalue weighted by molar-refractivity contribution is 0.0954. The van der Waals surface area contributed by atoms with Crippen LogP contribution >= 0.6 is 11.6 Å². The number of aryl methyl sites for hydroxylation is 2. The van der Waals surface area contributed by atoms with Crippen molar-refractivity contribution in [3.05, 3.63) is 87.9 Å². The number of nitrogens with zero attached hydrogens (tertiary/aromatic N) is 1. The zero-order valence-electron chi connectivity index (χ0n) is 18.6. The fourth-order valence-electron chi connectivity index (χ4n) is 3.01. The van der Waals surface area contributed by atoms with Gasteiger partial charge >= 0.3 is 0 Å². The summed E-state index contributed by atoms with van der Waals surface area (Å²) in [5, 5.41) is 4.12. The zero-order valence-corrected chi connectivity index (χ0v) is 20.2. The van der Waals surface area contributed by atoms with Crippen LogP contribution in [0.2, 0.25) is 5.02 Å². The van der Waals surface area contributed by atoms with Crippen molar-refractivity contribution in [2.24, 2.45) is 5.10 Å². The van der Waals surface area contributed by atoms with Crippen LogP contribution in [0.3, 0.4) is 0 Å². The second-order valence-electron chi connectivity index (χ2n) is 7.39. The number of methoxy groups -OCH3 is 1. The Morgan fingerprint density at radius 1 is 0.970 bits per heavy atom. The van der Waals surface area contributed by atoms with Gasteiger partial charge in [-0.25, -0.2) is 13.8 Å². The van der Waals surface area contributed by atoms with Crippen LogP contribution in [0.25, 0.3) is 0 Å². The fourth-order valence-corrected chi connectivity index (χ4v) is 4.61. The topological polar surface area (TPSA) is 96.9 Å². The van der Waals surface area contributed by atoms with Crippen LogP contribution in [-0.4, -0.2) is 27.1 Å². The Morgan fingerprint density at radius 2 is 1.67 bits per heavy atom. The van der Waals surface area contributed by atoms with Crippen molar-refractivity contribution in [2.75, 3.05) is 11.8 Å². The Hall–Kier alpha value is -3.36. The molecule has 0 bridgehead atoms. The molecule has 7 nitrogen and oxygen atoms in total. The van der Waals surface area contributed by atoms with Gasteiger partial charge in [0.15, 0.2) is 0 Å². The number of sulfonamides is 1. The van der Waals surface area contributed by atoms with Crippen molar-refractivity contribution in [2.45, 2.75) is 25.7 Å². The van der Waals surface area contributed by atoms with E-state index in [9.17, 15) is 13.2 Å². The van der Waals surface area contributed by atoms with E-state index in [1.54, 1.807) is 31.2 Å². The van der Waals surface area contributed by atoms with Crippen LogP contribution in [0.1, 0.15) is 34.0 Å². The summed E-state index contributed by atoms with van der Waals surface area (Å²) in [7, 11) is -2.66. The predicted octanol–water partition coefficient (Wildman–Crippen LogP) is 4.92. The number of benzene rings is 3. The maximum Gasteiger partial charge on any atom is 0.271 e. The summed E-state index contributed by atoms with van der Waals surface area (Å²) in [4.78, 5) is 12.4. The minimum Gasteiger partial charge on any atom is -0.495 e. The van der Waals surface area contributed by atoms with Crippen molar-refractivity contribution in [1.82, 2.24) is 5.43 Å². The van der Waals surface area contributed by atoms with E-state index in [0.717, 1.165) is 16.7 Å². The highest BCUT2D eigenvalue weighted by atomic mass is 35.5. The molecule has 0 radical (unpaired) electrons. The monoisotopic (exact) mass is 485 g/mol. The highest BCUT2D eigenvalue weighted by Crippen LogP contribution is 2.29. The van der Waals surface area contributed by atoms with Gasteiger partial charge < -0.3 is 4.74 Å². The number of carbonyl (C=O) groups excluding carboxylic acids is 1. The van der Waals surface area contributed by atoms with Gasteiger partial charge in [-0.1, -0.05) is 35.9 Å². The number of para-hydroxylation sites is 2. The molecule has 0 heterocycles. The quantitative estimate of drug-likeness (QED) is 0.366. The lowest BCUT2D eigenvalue weighted by Gasteiger charge is -2.13. The van der Waals surface area contributed by atoms with Crippen molar-refractivity contribution in [1.29, 1.82) is 0 Å². The van der Waals surface area contributed by atoms with Gasteiger partial charge in [0.1, 0.15) is 10.6 Å². The van der Waals surface area contributed by atoms with Gasteiger partial charge in [0.2, 0.25) is 0 Å². The molecule has 3 aromatic carbocycles. The second-order valence-corrected chi connectivity index (χ2v) is 9.45. The first-order valence-corrected chi connectivity index (χ1v) is 11.9. The molecule has 1 amide bonds. The molecule has 0 aromatic heterocycles. The average molecular weight is 486 g/mol. The molecule has 0 aliphatic rings. The van der Waals surface area contributed by atoms with Gasteiger partial charge in [-0.2, -0.15) is 5.10 Å². The van der Waals surface area contributed by atoms with Gasteiger partial charge in [0, 0.05) is 5.56 Å². The molecular formula is C24H24ClN3O4S. The largest absolute Gasteiger partial charge is 0.495 e. The van der Waals surface area contributed by atoms with E-state index >= 15 is 0 Å². The van der Waals surface area contributed by atoms with Gasteiger partial charge in [0.05, 0.1) is 23.5 Å².